The number of nitrogens with one attached hydrogen (secondary N) is 1. The number of para-hydroxylation sites is 1. The van der Waals surface area contributed by atoms with Crippen molar-refractivity contribution in [3.05, 3.63) is 156 Å². The van der Waals surface area contributed by atoms with Gasteiger partial charge in [-0.1, -0.05) is 109 Å². The summed E-state index contributed by atoms with van der Waals surface area (Å²) in [7, 11) is -4.22. The van der Waals surface area contributed by atoms with Crippen LogP contribution in [0.15, 0.2) is 144 Å². The van der Waals surface area contributed by atoms with Crippen LogP contribution in [-0.4, -0.2) is 43.8 Å². The minimum atomic E-state index is -4.22. The predicted octanol–water partition coefficient (Wildman–Crippen LogP) is 7.68. The first-order valence-electron chi connectivity index (χ1n) is 17.4. The average molecular weight is 702 g/mol. The third-order valence-corrected chi connectivity index (χ3v) is 10.9. The van der Waals surface area contributed by atoms with E-state index in [1.807, 2.05) is 97.9 Å². The van der Waals surface area contributed by atoms with E-state index in [9.17, 15) is 18.0 Å². The lowest BCUT2D eigenvalue weighted by atomic mass is 10.0. The van der Waals surface area contributed by atoms with Crippen LogP contribution < -0.4 is 14.4 Å². The highest BCUT2D eigenvalue weighted by Gasteiger charge is 2.35. The van der Waals surface area contributed by atoms with Gasteiger partial charge in [-0.05, 0) is 79.4 Å². The van der Waals surface area contributed by atoms with Gasteiger partial charge in [0.05, 0.1) is 10.6 Å². The Labute approximate surface area is 300 Å². The molecule has 1 N–H and O–H groups in total. The van der Waals surface area contributed by atoms with Crippen molar-refractivity contribution in [2.75, 3.05) is 10.8 Å². The second kappa shape index (κ2) is 16.5. The van der Waals surface area contributed by atoms with Crippen molar-refractivity contribution in [1.82, 2.24) is 10.2 Å². The number of hydrogen-bond acceptors (Lipinski definition) is 5. The largest absolute Gasteiger partial charge is 0.457 e. The highest BCUT2D eigenvalue weighted by atomic mass is 32.2. The molecule has 1 aliphatic rings. The van der Waals surface area contributed by atoms with Crippen LogP contribution in [0.4, 0.5) is 5.69 Å². The van der Waals surface area contributed by atoms with Gasteiger partial charge in [0.15, 0.2) is 0 Å². The number of amides is 2. The number of anilines is 1. The second-order valence-corrected chi connectivity index (χ2v) is 14.8. The number of sulfonamides is 1. The summed E-state index contributed by atoms with van der Waals surface area (Å²) >= 11 is 0. The molecule has 1 saturated carbocycles. The summed E-state index contributed by atoms with van der Waals surface area (Å²) in [4.78, 5) is 30.5. The van der Waals surface area contributed by atoms with Crippen molar-refractivity contribution < 1.29 is 22.7 Å². The molecule has 0 radical (unpaired) electrons. The molecule has 6 rings (SSSR count). The fraction of sp³-hybridized carbons (Fsp3) is 0.238. The minimum absolute atomic E-state index is 0.0412. The number of aryl methyl sites for hydroxylation is 1. The molecule has 0 heterocycles. The topological polar surface area (TPSA) is 96.0 Å². The summed E-state index contributed by atoms with van der Waals surface area (Å²) in [6.07, 6.45) is 4.14. The molecule has 8 nitrogen and oxygen atoms in total. The molecule has 0 spiro atoms. The van der Waals surface area contributed by atoms with Crippen molar-refractivity contribution in [2.45, 2.75) is 62.6 Å². The van der Waals surface area contributed by atoms with Crippen LogP contribution in [0, 0.1) is 6.92 Å². The summed E-state index contributed by atoms with van der Waals surface area (Å²) in [6, 6.07) is 40.7. The molecular weight excluding hydrogens is 659 g/mol. The molecule has 5 aromatic rings. The summed E-state index contributed by atoms with van der Waals surface area (Å²) < 4.78 is 35.9. The molecule has 262 valence electrons. The van der Waals surface area contributed by atoms with Crippen molar-refractivity contribution >= 4 is 27.5 Å². The SMILES string of the molecule is Cc1ccc(S(=O)(=O)N(CC(=O)N(Cc2ccccc2)C(Cc2ccccc2)C(=O)NC2CCCC2)c2ccc(Oc3ccccc3)cc2)cc1. The Morgan fingerprint density at radius 1 is 0.725 bits per heavy atom. The van der Waals surface area contributed by atoms with E-state index in [0.717, 1.165) is 46.7 Å². The number of hydrogen-bond donors (Lipinski definition) is 1. The van der Waals surface area contributed by atoms with Gasteiger partial charge in [0.2, 0.25) is 11.8 Å². The van der Waals surface area contributed by atoms with Gasteiger partial charge in [0, 0.05) is 19.0 Å². The molecule has 0 aliphatic heterocycles. The second-order valence-electron chi connectivity index (χ2n) is 12.9. The van der Waals surface area contributed by atoms with Crippen molar-refractivity contribution in [3.63, 3.8) is 0 Å². The zero-order valence-electron chi connectivity index (χ0n) is 28.7. The van der Waals surface area contributed by atoms with E-state index < -0.39 is 28.5 Å². The van der Waals surface area contributed by atoms with Crippen LogP contribution in [0.2, 0.25) is 0 Å². The fourth-order valence-electron chi connectivity index (χ4n) is 6.37. The van der Waals surface area contributed by atoms with Crippen molar-refractivity contribution in [3.8, 4) is 11.5 Å². The number of ether oxygens (including phenoxy) is 1. The maximum Gasteiger partial charge on any atom is 0.264 e. The average Bonchev–Trinajstić information content (AvgIpc) is 3.67. The molecule has 51 heavy (non-hydrogen) atoms. The van der Waals surface area contributed by atoms with E-state index in [1.165, 1.54) is 4.90 Å². The molecule has 1 atom stereocenters. The normalized spacial score (nSPS) is 13.7. The summed E-state index contributed by atoms with van der Waals surface area (Å²) in [5.74, 6) is 0.412. The molecule has 0 saturated heterocycles. The lowest BCUT2D eigenvalue weighted by molar-refractivity contribution is -0.140. The zero-order valence-corrected chi connectivity index (χ0v) is 29.5. The molecule has 2 amide bonds. The quantitative estimate of drug-likeness (QED) is 0.128. The number of rotatable bonds is 14. The van der Waals surface area contributed by atoms with E-state index in [1.54, 1.807) is 48.5 Å². The summed E-state index contributed by atoms with van der Waals surface area (Å²) in [5, 5.41) is 3.21. The van der Waals surface area contributed by atoms with Crippen LogP contribution in [-0.2, 0) is 32.6 Å². The first kappa shape index (κ1) is 35.4. The number of nitrogens with zero attached hydrogens (tertiary/aromatic N) is 2. The van der Waals surface area contributed by atoms with Gasteiger partial charge in [-0.2, -0.15) is 0 Å². The van der Waals surface area contributed by atoms with Crippen LogP contribution in [0.5, 0.6) is 11.5 Å². The Morgan fingerprint density at radius 3 is 1.88 bits per heavy atom. The monoisotopic (exact) mass is 701 g/mol. The standard InChI is InChI=1S/C42H43N3O5S/c1-32-21-27-39(28-22-32)51(48,49)45(36-23-25-38(26-24-36)50-37-19-9-4-10-20-37)31-41(46)44(30-34-15-7-3-8-16-34)40(29-33-13-5-2-6-14-33)42(47)43-35-17-11-12-18-35/h2-10,13-16,19-28,35,40H,11-12,17-18,29-31H2,1H3,(H,43,47). The predicted molar refractivity (Wildman–Crippen MR) is 200 cm³/mol. The van der Waals surface area contributed by atoms with E-state index >= 15 is 0 Å². The van der Waals surface area contributed by atoms with Crippen molar-refractivity contribution in [1.29, 1.82) is 0 Å². The minimum Gasteiger partial charge on any atom is -0.457 e. The maximum atomic E-state index is 14.8. The van der Waals surface area contributed by atoms with Gasteiger partial charge in [-0.15, -0.1) is 0 Å². The molecule has 1 fully saturated rings. The van der Waals surface area contributed by atoms with Gasteiger partial charge in [-0.25, -0.2) is 8.42 Å². The molecule has 0 aromatic heterocycles. The first-order chi connectivity index (χ1) is 24.8. The third-order valence-electron chi connectivity index (χ3n) is 9.16. The Morgan fingerprint density at radius 2 is 1.27 bits per heavy atom. The van der Waals surface area contributed by atoms with E-state index in [-0.39, 0.29) is 29.8 Å². The van der Waals surface area contributed by atoms with Crippen LogP contribution in [0.25, 0.3) is 0 Å². The van der Waals surface area contributed by atoms with Gasteiger partial charge < -0.3 is 15.0 Å². The summed E-state index contributed by atoms with van der Waals surface area (Å²) in [5.41, 5.74) is 2.92. The smallest absolute Gasteiger partial charge is 0.264 e. The Bertz CT molecular complexity index is 1980. The van der Waals surface area contributed by atoms with Gasteiger partial charge >= 0.3 is 0 Å². The van der Waals surface area contributed by atoms with E-state index in [4.69, 9.17) is 4.74 Å². The van der Waals surface area contributed by atoms with Gasteiger partial charge in [-0.3, -0.25) is 13.9 Å². The molecule has 1 aliphatic carbocycles. The molecule has 5 aromatic carbocycles. The number of carbonyl (C=O) groups excluding carboxylic acids is 2. The Kier molecular flexibility index (Phi) is 11.5. The molecule has 9 heteroatoms. The third kappa shape index (κ3) is 9.23. The Hall–Kier alpha value is -5.41. The highest BCUT2D eigenvalue weighted by molar-refractivity contribution is 7.92. The molecule has 0 bridgehead atoms. The lowest BCUT2D eigenvalue weighted by Gasteiger charge is -2.34. The molecule has 1 unspecified atom stereocenters. The fourth-order valence-corrected chi connectivity index (χ4v) is 7.79. The first-order valence-corrected chi connectivity index (χ1v) is 18.8. The highest BCUT2D eigenvalue weighted by Crippen LogP contribution is 2.29. The maximum absolute atomic E-state index is 14.8. The lowest BCUT2D eigenvalue weighted by Crippen LogP contribution is -2.54. The van der Waals surface area contributed by atoms with Crippen LogP contribution >= 0.6 is 0 Å². The van der Waals surface area contributed by atoms with E-state index in [2.05, 4.69) is 5.32 Å². The zero-order chi connectivity index (χ0) is 35.6. The number of carbonyl (C=O) groups is 2. The van der Waals surface area contributed by atoms with Gasteiger partial charge in [0.25, 0.3) is 10.0 Å². The van der Waals surface area contributed by atoms with Crippen LogP contribution in [0.1, 0.15) is 42.4 Å². The summed E-state index contributed by atoms with van der Waals surface area (Å²) in [6.45, 7) is 1.48. The Balaban J connectivity index is 1.37. The van der Waals surface area contributed by atoms with E-state index in [0.29, 0.717) is 17.2 Å². The van der Waals surface area contributed by atoms with Crippen molar-refractivity contribution in [2.24, 2.45) is 0 Å². The van der Waals surface area contributed by atoms with Crippen LogP contribution in [0.3, 0.4) is 0 Å². The number of benzene rings is 5. The van der Waals surface area contributed by atoms with Gasteiger partial charge in [0.1, 0.15) is 24.1 Å². The molecular formula is C42H43N3O5S.